The Balaban J connectivity index is 1.97. The van der Waals surface area contributed by atoms with Crippen molar-refractivity contribution in [2.75, 3.05) is 6.54 Å². The first-order chi connectivity index (χ1) is 9.87. The Morgan fingerprint density at radius 2 is 2.05 bits per heavy atom. The molecule has 0 amide bonds. The average Bonchev–Trinajstić information content (AvgIpc) is 2.39. The Morgan fingerprint density at radius 3 is 2.62 bits per heavy atom. The van der Waals surface area contributed by atoms with Gasteiger partial charge < -0.3 is 5.32 Å². The van der Waals surface area contributed by atoms with Gasteiger partial charge in [0.25, 0.3) is 0 Å². The SMILES string of the molecule is CC(=O)C(CNC1CCCC(C)(C)C1)c1ccc(Cl)cc1. The monoisotopic (exact) mass is 307 g/mol. The molecule has 1 fully saturated rings. The third-order valence-corrected chi connectivity index (χ3v) is 4.83. The molecule has 3 heteroatoms. The van der Waals surface area contributed by atoms with Crippen molar-refractivity contribution in [1.29, 1.82) is 0 Å². The number of benzene rings is 1. The van der Waals surface area contributed by atoms with Gasteiger partial charge in [0.2, 0.25) is 0 Å². The van der Waals surface area contributed by atoms with Crippen LogP contribution in [0.2, 0.25) is 5.02 Å². The Labute approximate surface area is 133 Å². The summed E-state index contributed by atoms with van der Waals surface area (Å²) < 4.78 is 0. The molecule has 1 saturated carbocycles. The number of rotatable bonds is 5. The fourth-order valence-corrected chi connectivity index (χ4v) is 3.47. The number of hydrogen-bond acceptors (Lipinski definition) is 2. The fourth-order valence-electron chi connectivity index (χ4n) is 3.35. The lowest BCUT2D eigenvalue weighted by Crippen LogP contribution is -2.40. The molecule has 2 unspecified atom stereocenters. The molecule has 2 rings (SSSR count). The van der Waals surface area contributed by atoms with E-state index < -0.39 is 0 Å². The fraction of sp³-hybridized carbons (Fsp3) is 0.611. The van der Waals surface area contributed by atoms with Crippen LogP contribution in [0.3, 0.4) is 0 Å². The van der Waals surface area contributed by atoms with Crippen LogP contribution >= 0.6 is 11.6 Å². The summed E-state index contributed by atoms with van der Waals surface area (Å²) >= 11 is 5.93. The van der Waals surface area contributed by atoms with E-state index in [4.69, 9.17) is 11.6 Å². The van der Waals surface area contributed by atoms with E-state index in [2.05, 4.69) is 19.2 Å². The van der Waals surface area contributed by atoms with Crippen molar-refractivity contribution in [3.05, 3.63) is 34.9 Å². The second-order valence-electron chi connectivity index (χ2n) is 7.08. The lowest BCUT2D eigenvalue weighted by atomic mass is 9.75. The van der Waals surface area contributed by atoms with Crippen LogP contribution in [0.5, 0.6) is 0 Å². The first-order valence-corrected chi connectivity index (χ1v) is 8.24. The summed E-state index contributed by atoms with van der Waals surface area (Å²) in [7, 11) is 0. The lowest BCUT2D eigenvalue weighted by Gasteiger charge is -2.36. The van der Waals surface area contributed by atoms with Gasteiger partial charge in [-0.15, -0.1) is 0 Å². The number of hydrogen-bond donors (Lipinski definition) is 1. The molecule has 21 heavy (non-hydrogen) atoms. The van der Waals surface area contributed by atoms with Crippen LogP contribution in [0.4, 0.5) is 0 Å². The zero-order valence-corrected chi connectivity index (χ0v) is 14.0. The topological polar surface area (TPSA) is 29.1 Å². The van der Waals surface area contributed by atoms with Crippen LogP contribution in [0.15, 0.2) is 24.3 Å². The van der Waals surface area contributed by atoms with Crippen LogP contribution in [0.25, 0.3) is 0 Å². The summed E-state index contributed by atoms with van der Waals surface area (Å²) in [5.74, 6) is 0.132. The summed E-state index contributed by atoms with van der Waals surface area (Å²) in [6.07, 6.45) is 4.99. The molecule has 2 atom stereocenters. The zero-order chi connectivity index (χ0) is 15.5. The number of halogens is 1. The van der Waals surface area contributed by atoms with E-state index in [1.807, 2.05) is 24.3 Å². The standard InChI is InChI=1S/C18H26ClNO/c1-13(21)17(14-6-8-15(19)9-7-14)12-20-16-5-4-10-18(2,3)11-16/h6-9,16-17,20H,4-5,10-12H2,1-3H3. The van der Waals surface area contributed by atoms with Crippen molar-refractivity contribution >= 4 is 17.4 Å². The smallest absolute Gasteiger partial charge is 0.138 e. The van der Waals surface area contributed by atoms with E-state index in [9.17, 15) is 4.79 Å². The molecule has 0 spiro atoms. The molecule has 0 radical (unpaired) electrons. The van der Waals surface area contributed by atoms with E-state index in [1.165, 1.54) is 25.7 Å². The van der Waals surface area contributed by atoms with Crippen LogP contribution < -0.4 is 5.32 Å². The summed E-state index contributed by atoms with van der Waals surface area (Å²) in [6, 6.07) is 8.16. The van der Waals surface area contributed by atoms with E-state index in [-0.39, 0.29) is 11.7 Å². The Bertz CT molecular complexity index is 480. The molecule has 0 saturated heterocycles. The van der Waals surface area contributed by atoms with Crippen LogP contribution in [0.1, 0.15) is 57.9 Å². The minimum absolute atomic E-state index is 0.0766. The molecule has 1 N–H and O–H groups in total. The minimum atomic E-state index is -0.0766. The normalized spacial score (nSPS) is 22.8. The van der Waals surface area contributed by atoms with Gasteiger partial charge in [0.15, 0.2) is 0 Å². The van der Waals surface area contributed by atoms with Crippen molar-refractivity contribution in [1.82, 2.24) is 5.32 Å². The van der Waals surface area contributed by atoms with Crippen LogP contribution in [-0.2, 0) is 4.79 Å². The molecular formula is C18H26ClNO. The van der Waals surface area contributed by atoms with Gasteiger partial charge in [-0.25, -0.2) is 0 Å². The molecule has 1 aliphatic carbocycles. The first kappa shape index (κ1) is 16.5. The van der Waals surface area contributed by atoms with Crippen molar-refractivity contribution in [3.8, 4) is 0 Å². The highest BCUT2D eigenvalue weighted by Gasteiger charge is 2.28. The lowest BCUT2D eigenvalue weighted by molar-refractivity contribution is -0.118. The van der Waals surface area contributed by atoms with E-state index in [0.717, 1.165) is 12.1 Å². The third-order valence-electron chi connectivity index (χ3n) is 4.58. The second-order valence-corrected chi connectivity index (χ2v) is 7.52. The van der Waals surface area contributed by atoms with E-state index in [0.29, 0.717) is 16.5 Å². The molecule has 1 aromatic carbocycles. The van der Waals surface area contributed by atoms with E-state index in [1.54, 1.807) is 6.92 Å². The molecule has 0 aromatic heterocycles. The van der Waals surface area contributed by atoms with Gasteiger partial charge in [-0.05, 0) is 49.3 Å². The number of carbonyl (C=O) groups is 1. The maximum absolute atomic E-state index is 12.0. The largest absolute Gasteiger partial charge is 0.313 e. The molecule has 1 aromatic rings. The number of nitrogens with one attached hydrogen (secondary N) is 1. The van der Waals surface area contributed by atoms with Crippen LogP contribution in [0, 0.1) is 5.41 Å². The van der Waals surface area contributed by atoms with Crippen molar-refractivity contribution in [3.63, 3.8) is 0 Å². The predicted molar refractivity (Wildman–Crippen MR) is 88.9 cm³/mol. The molecule has 0 heterocycles. The van der Waals surface area contributed by atoms with Gasteiger partial charge >= 0.3 is 0 Å². The Morgan fingerprint density at radius 1 is 1.38 bits per heavy atom. The van der Waals surface area contributed by atoms with Gasteiger partial charge in [0, 0.05) is 17.6 Å². The number of carbonyl (C=O) groups excluding carboxylic acids is 1. The zero-order valence-electron chi connectivity index (χ0n) is 13.3. The van der Waals surface area contributed by atoms with Gasteiger partial charge in [0.05, 0.1) is 5.92 Å². The Kier molecular flexibility index (Phi) is 5.45. The average molecular weight is 308 g/mol. The molecule has 116 valence electrons. The summed E-state index contributed by atoms with van der Waals surface area (Å²) in [6.45, 7) is 7.06. The molecule has 1 aliphatic rings. The summed E-state index contributed by atoms with van der Waals surface area (Å²) in [4.78, 5) is 12.0. The Hall–Kier alpha value is -0.860. The number of Topliss-reactive ketones (excluding diaryl/α,β-unsaturated/α-hetero) is 1. The maximum Gasteiger partial charge on any atom is 0.138 e. The van der Waals surface area contributed by atoms with Crippen molar-refractivity contribution in [2.24, 2.45) is 5.41 Å². The first-order valence-electron chi connectivity index (χ1n) is 7.87. The van der Waals surface area contributed by atoms with Gasteiger partial charge in [-0.1, -0.05) is 44.0 Å². The highest BCUT2D eigenvalue weighted by Crippen LogP contribution is 2.35. The summed E-state index contributed by atoms with van der Waals surface area (Å²) in [5.41, 5.74) is 1.47. The molecule has 0 aliphatic heterocycles. The highest BCUT2D eigenvalue weighted by atomic mass is 35.5. The van der Waals surface area contributed by atoms with Gasteiger partial charge in [-0.3, -0.25) is 4.79 Å². The molecular weight excluding hydrogens is 282 g/mol. The number of ketones is 1. The van der Waals surface area contributed by atoms with Crippen LogP contribution in [-0.4, -0.2) is 18.4 Å². The minimum Gasteiger partial charge on any atom is -0.313 e. The van der Waals surface area contributed by atoms with Gasteiger partial charge in [0.1, 0.15) is 5.78 Å². The predicted octanol–water partition coefficient (Wildman–Crippen LogP) is 4.57. The van der Waals surface area contributed by atoms with Crippen molar-refractivity contribution < 1.29 is 4.79 Å². The molecule has 0 bridgehead atoms. The maximum atomic E-state index is 12.0. The summed E-state index contributed by atoms with van der Waals surface area (Å²) in [5, 5.41) is 4.33. The second kappa shape index (κ2) is 6.93. The van der Waals surface area contributed by atoms with Crippen molar-refractivity contribution in [2.45, 2.75) is 58.4 Å². The van der Waals surface area contributed by atoms with E-state index >= 15 is 0 Å². The molecule has 2 nitrogen and oxygen atoms in total. The third kappa shape index (κ3) is 4.82. The quantitative estimate of drug-likeness (QED) is 0.863. The van der Waals surface area contributed by atoms with Gasteiger partial charge in [-0.2, -0.15) is 0 Å². The highest BCUT2D eigenvalue weighted by molar-refractivity contribution is 6.30.